The predicted molar refractivity (Wildman–Crippen MR) is 72.7 cm³/mol. The molecule has 18 heavy (non-hydrogen) atoms. The molecular weight excluding hydrogens is 248 g/mol. The topological polar surface area (TPSA) is 36.4 Å². The molecule has 1 saturated heterocycles. The number of pyridine rings is 1. The van der Waals surface area contributed by atoms with Gasteiger partial charge in [-0.25, -0.2) is 0 Å². The first-order chi connectivity index (χ1) is 8.74. The second-order valence-electron chi connectivity index (χ2n) is 4.78. The maximum atomic E-state index is 9.57. The Balaban J connectivity index is 1.97. The number of β-amino-alcohol motifs (C(OH)–C–C–N with tert-alkyl or cyclic N) is 1. The van der Waals surface area contributed by atoms with Gasteiger partial charge in [-0.2, -0.15) is 0 Å². The highest BCUT2D eigenvalue weighted by Crippen LogP contribution is 2.26. The number of aliphatic hydroxyl groups is 1. The van der Waals surface area contributed by atoms with E-state index in [0.29, 0.717) is 0 Å². The molecule has 1 fully saturated rings. The summed E-state index contributed by atoms with van der Waals surface area (Å²) >= 11 is 6.29. The normalized spacial score (nSPS) is 20.7. The Kier molecular flexibility index (Phi) is 3.20. The lowest BCUT2D eigenvalue weighted by atomic mass is 10.1. The molecule has 4 heteroatoms. The van der Waals surface area contributed by atoms with Crippen molar-refractivity contribution in [1.29, 1.82) is 0 Å². The molecule has 1 aromatic heterocycles. The number of hydrogen-bond acceptors (Lipinski definition) is 3. The molecule has 0 bridgehead atoms. The zero-order chi connectivity index (χ0) is 12.5. The quantitative estimate of drug-likeness (QED) is 0.903. The lowest BCUT2D eigenvalue weighted by molar-refractivity contribution is 0.175. The van der Waals surface area contributed by atoms with Gasteiger partial charge in [-0.05, 0) is 18.6 Å². The molecule has 3 nitrogen and oxygen atoms in total. The summed E-state index contributed by atoms with van der Waals surface area (Å²) in [5.41, 5.74) is 2.02. The van der Waals surface area contributed by atoms with E-state index in [-0.39, 0.29) is 6.10 Å². The van der Waals surface area contributed by atoms with Crippen LogP contribution >= 0.6 is 11.6 Å². The van der Waals surface area contributed by atoms with Crippen LogP contribution in [0.4, 0.5) is 0 Å². The third-order valence-electron chi connectivity index (χ3n) is 3.45. The van der Waals surface area contributed by atoms with E-state index in [1.165, 1.54) is 0 Å². The van der Waals surface area contributed by atoms with Gasteiger partial charge in [0.15, 0.2) is 0 Å². The van der Waals surface area contributed by atoms with Gasteiger partial charge in [0.1, 0.15) is 0 Å². The van der Waals surface area contributed by atoms with Crippen molar-refractivity contribution in [3.63, 3.8) is 0 Å². The fourth-order valence-electron chi connectivity index (χ4n) is 2.51. The van der Waals surface area contributed by atoms with Crippen molar-refractivity contribution in [2.75, 3.05) is 13.1 Å². The van der Waals surface area contributed by atoms with E-state index in [1.54, 1.807) is 6.20 Å². The number of fused-ring (bicyclic) bond motifs is 1. The van der Waals surface area contributed by atoms with Crippen molar-refractivity contribution in [1.82, 2.24) is 9.88 Å². The third kappa shape index (κ3) is 2.21. The number of aromatic nitrogens is 1. The summed E-state index contributed by atoms with van der Waals surface area (Å²) in [5.74, 6) is 0. The molecule has 3 rings (SSSR count). The van der Waals surface area contributed by atoms with Gasteiger partial charge in [0, 0.05) is 41.8 Å². The third-order valence-corrected chi connectivity index (χ3v) is 3.81. The summed E-state index contributed by atoms with van der Waals surface area (Å²) in [7, 11) is 0. The molecule has 0 unspecified atom stereocenters. The molecule has 1 aliphatic rings. The molecule has 0 spiro atoms. The summed E-state index contributed by atoms with van der Waals surface area (Å²) in [4.78, 5) is 6.65. The standard InChI is InChI=1S/C14H15ClN2O/c15-13-4-3-10-2-1-6-16-14(10)12(13)9-17-7-5-11(18)8-17/h1-4,6,11,18H,5,7-9H2/t11-/m1/s1. The van der Waals surface area contributed by atoms with Crippen molar-refractivity contribution in [2.24, 2.45) is 0 Å². The van der Waals surface area contributed by atoms with Crippen molar-refractivity contribution in [3.8, 4) is 0 Å². The smallest absolute Gasteiger partial charge is 0.0761 e. The SMILES string of the molecule is O[C@@H]1CCN(Cc2c(Cl)ccc3cccnc23)C1. The molecule has 0 amide bonds. The van der Waals surface area contributed by atoms with Gasteiger partial charge in [-0.1, -0.05) is 23.7 Å². The van der Waals surface area contributed by atoms with Crippen molar-refractivity contribution < 1.29 is 5.11 Å². The van der Waals surface area contributed by atoms with Crippen LogP contribution in [0.15, 0.2) is 30.5 Å². The highest BCUT2D eigenvalue weighted by molar-refractivity contribution is 6.32. The van der Waals surface area contributed by atoms with E-state index < -0.39 is 0 Å². The largest absolute Gasteiger partial charge is 0.392 e. The van der Waals surface area contributed by atoms with Crippen LogP contribution in [0.2, 0.25) is 5.02 Å². The van der Waals surface area contributed by atoms with Crippen molar-refractivity contribution in [3.05, 3.63) is 41.0 Å². The van der Waals surface area contributed by atoms with Crippen LogP contribution < -0.4 is 0 Å². The number of benzene rings is 1. The van der Waals surface area contributed by atoms with Gasteiger partial charge in [-0.3, -0.25) is 9.88 Å². The summed E-state index contributed by atoms with van der Waals surface area (Å²) in [6, 6.07) is 7.89. The number of aliphatic hydroxyl groups excluding tert-OH is 1. The molecule has 0 saturated carbocycles. The van der Waals surface area contributed by atoms with Crippen LogP contribution in [0.5, 0.6) is 0 Å². The Labute approximate surface area is 111 Å². The maximum Gasteiger partial charge on any atom is 0.0761 e. The minimum atomic E-state index is -0.202. The number of nitrogens with zero attached hydrogens (tertiary/aromatic N) is 2. The Morgan fingerprint density at radius 3 is 3.06 bits per heavy atom. The highest BCUT2D eigenvalue weighted by atomic mass is 35.5. The van der Waals surface area contributed by atoms with E-state index in [4.69, 9.17) is 11.6 Å². The van der Waals surface area contributed by atoms with Gasteiger partial charge in [0.05, 0.1) is 11.6 Å². The molecule has 0 radical (unpaired) electrons. The fourth-order valence-corrected chi connectivity index (χ4v) is 2.72. The van der Waals surface area contributed by atoms with Crippen molar-refractivity contribution >= 4 is 22.5 Å². The maximum absolute atomic E-state index is 9.57. The van der Waals surface area contributed by atoms with Crippen LogP contribution in [0.3, 0.4) is 0 Å². The van der Waals surface area contributed by atoms with Gasteiger partial charge in [0.25, 0.3) is 0 Å². The van der Waals surface area contributed by atoms with E-state index in [1.807, 2.05) is 24.3 Å². The Morgan fingerprint density at radius 1 is 1.39 bits per heavy atom. The summed E-state index contributed by atoms with van der Waals surface area (Å²) in [5, 5.41) is 11.4. The first-order valence-corrected chi connectivity index (χ1v) is 6.54. The molecule has 0 aliphatic carbocycles. The highest BCUT2D eigenvalue weighted by Gasteiger charge is 2.21. The lowest BCUT2D eigenvalue weighted by Crippen LogP contribution is -2.21. The fraction of sp³-hybridized carbons (Fsp3) is 0.357. The Morgan fingerprint density at radius 2 is 2.28 bits per heavy atom. The minimum absolute atomic E-state index is 0.202. The van der Waals surface area contributed by atoms with Gasteiger partial charge in [-0.15, -0.1) is 0 Å². The monoisotopic (exact) mass is 262 g/mol. The number of rotatable bonds is 2. The Bertz CT molecular complexity index is 573. The number of likely N-dealkylation sites (tertiary alicyclic amines) is 1. The minimum Gasteiger partial charge on any atom is -0.392 e. The second-order valence-corrected chi connectivity index (χ2v) is 5.19. The van der Waals surface area contributed by atoms with Crippen LogP contribution in [0, 0.1) is 0 Å². The molecule has 94 valence electrons. The second kappa shape index (κ2) is 4.84. The molecule has 2 heterocycles. The zero-order valence-corrected chi connectivity index (χ0v) is 10.8. The Hall–Kier alpha value is -1.16. The average Bonchev–Trinajstić information content (AvgIpc) is 2.79. The van der Waals surface area contributed by atoms with Crippen LogP contribution in [-0.2, 0) is 6.54 Å². The molecule has 2 aromatic rings. The van der Waals surface area contributed by atoms with Gasteiger partial charge < -0.3 is 5.11 Å². The summed E-state index contributed by atoms with van der Waals surface area (Å²) in [6.45, 7) is 2.39. The van der Waals surface area contributed by atoms with E-state index in [2.05, 4.69) is 9.88 Å². The molecule has 1 atom stereocenters. The van der Waals surface area contributed by atoms with Crippen LogP contribution in [0.1, 0.15) is 12.0 Å². The van der Waals surface area contributed by atoms with Crippen LogP contribution in [-0.4, -0.2) is 34.2 Å². The van der Waals surface area contributed by atoms with Gasteiger partial charge in [0.2, 0.25) is 0 Å². The lowest BCUT2D eigenvalue weighted by Gasteiger charge is -2.17. The molecule has 1 aliphatic heterocycles. The molecule has 1 aromatic carbocycles. The summed E-state index contributed by atoms with van der Waals surface area (Å²) in [6.07, 6.45) is 2.43. The van der Waals surface area contributed by atoms with Crippen LogP contribution in [0.25, 0.3) is 10.9 Å². The average molecular weight is 263 g/mol. The van der Waals surface area contributed by atoms with E-state index in [0.717, 1.165) is 47.5 Å². The molecular formula is C14H15ClN2O. The first-order valence-electron chi connectivity index (χ1n) is 6.16. The number of hydrogen-bond donors (Lipinski definition) is 1. The predicted octanol–water partition coefficient (Wildman–Crippen LogP) is 2.45. The van der Waals surface area contributed by atoms with E-state index >= 15 is 0 Å². The van der Waals surface area contributed by atoms with Gasteiger partial charge >= 0.3 is 0 Å². The summed E-state index contributed by atoms with van der Waals surface area (Å²) < 4.78 is 0. The molecule has 1 N–H and O–H groups in total. The van der Waals surface area contributed by atoms with Crippen molar-refractivity contribution in [2.45, 2.75) is 19.1 Å². The number of halogens is 1. The first kappa shape index (κ1) is 11.9. The zero-order valence-electron chi connectivity index (χ0n) is 10.0. The van der Waals surface area contributed by atoms with E-state index in [9.17, 15) is 5.11 Å².